The molecular weight excluding hydrogens is 342 g/mol. The van der Waals surface area contributed by atoms with Gasteiger partial charge in [0.1, 0.15) is 11.5 Å². The van der Waals surface area contributed by atoms with Crippen LogP contribution in [0, 0.1) is 0 Å². The predicted octanol–water partition coefficient (Wildman–Crippen LogP) is 3.15. The molecule has 1 aromatic carbocycles. The second-order valence-corrected chi connectivity index (χ2v) is 6.27. The van der Waals surface area contributed by atoms with Crippen molar-refractivity contribution in [3.05, 3.63) is 18.2 Å². The fourth-order valence-electron chi connectivity index (χ4n) is 2.21. The molecule has 0 saturated carbocycles. The minimum atomic E-state index is -0.0403. The van der Waals surface area contributed by atoms with Gasteiger partial charge in [-0.1, -0.05) is 25.6 Å². The molecule has 1 N–H and O–H groups in total. The Kier molecular flexibility index (Phi) is 7.12. The van der Waals surface area contributed by atoms with Crippen LogP contribution in [0.25, 0.3) is 11.5 Å². The topological polar surface area (TPSA) is 86.5 Å². The van der Waals surface area contributed by atoms with Crippen molar-refractivity contribution in [2.45, 2.75) is 38.0 Å². The highest BCUT2D eigenvalue weighted by Gasteiger charge is 2.14. The molecule has 0 unspecified atom stereocenters. The molecule has 2 rings (SSSR count). The van der Waals surface area contributed by atoms with Crippen LogP contribution in [-0.2, 0) is 4.79 Å². The number of rotatable bonds is 9. The molecule has 0 aliphatic carbocycles. The number of ether oxygens (including phenoxy) is 2. The van der Waals surface area contributed by atoms with Crippen LogP contribution in [0.3, 0.4) is 0 Å². The third-order valence-electron chi connectivity index (χ3n) is 3.68. The van der Waals surface area contributed by atoms with Gasteiger partial charge in [-0.15, -0.1) is 10.2 Å². The van der Waals surface area contributed by atoms with Gasteiger partial charge in [0.25, 0.3) is 5.22 Å². The van der Waals surface area contributed by atoms with Crippen LogP contribution in [0.4, 0.5) is 0 Å². The predicted molar refractivity (Wildman–Crippen MR) is 96.1 cm³/mol. The SMILES string of the molecule is CCC(CC)NC(=O)CSc1nnc(-c2cc(OC)cc(OC)c2)o1. The summed E-state index contributed by atoms with van der Waals surface area (Å²) in [4.78, 5) is 11.9. The zero-order valence-corrected chi connectivity index (χ0v) is 15.7. The average molecular weight is 365 g/mol. The van der Waals surface area contributed by atoms with E-state index in [1.807, 2.05) is 13.8 Å². The first-order chi connectivity index (χ1) is 12.1. The van der Waals surface area contributed by atoms with Crippen LogP contribution in [-0.4, -0.2) is 42.1 Å². The fraction of sp³-hybridized carbons (Fsp3) is 0.471. The van der Waals surface area contributed by atoms with E-state index >= 15 is 0 Å². The summed E-state index contributed by atoms with van der Waals surface area (Å²) >= 11 is 1.21. The summed E-state index contributed by atoms with van der Waals surface area (Å²) in [6, 6.07) is 5.53. The average Bonchev–Trinajstić information content (AvgIpc) is 3.13. The van der Waals surface area contributed by atoms with Gasteiger partial charge in [-0.3, -0.25) is 4.79 Å². The Morgan fingerprint density at radius 3 is 2.36 bits per heavy atom. The molecule has 136 valence electrons. The van der Waals surface area contributed by atoms with Crippen LogP contribution in [0.2, 0.25) is 0 Å². The van der Waals surface area contributed by atoms with Gasteiger partial charge in [0, 0.05) is 17.7 Å². The van der Waals surface area contributed by atoms with Gasteiger partial charge in [0.15, 0.2) is 0 Å². The molecule has 0 aliphatic heterocycles. The maximum absolute atomic E-state index is 11.9. The molecule has 0 bridgehead atoms. The molecular formula is C17H23N3O4S. The Morgan fingerprint density at radius 2 is 1.80 bits per heavy atom. The largest absolute Gasteiger partial charge is 0.497 e. The number of nitrogens with zero attached hydrogens (tertiary/aromatic N) is 2. The summed E-state index contributed by atoms with van der Waals surface area (Å²) in [5.41, 5.74) is 0.692. The van der Waals surface area contributed by atoms with Crippen LogP contribution in [0.1, 0.15) is 26.7 Å². The van der Waals surface area contributed by atoms with Crippen LogP contribution in [0.5, 0.6) is 11.5 Å². The van der Waals surface area contributed by atoms with E-state index in [1.165, 1.54) is 11.8 Å². The molecule has 1 amide bonds. The number of carbonyl (C=O) groups is 1. The lowest BCUT2D eigenvalue weighted by atomic mass is 10.2. The van der Waals surface area contributed by atoms with Gasteiger partial charge in [-0.05, 0) is 25.0 Å². The molecule has 2 aromatic rings. The molecule has 0 saturated heterocycles. The Morgan fingerprint density at radius 1 is 1.16 bits per heavy atom. The van der Waals surface area contributed by atoms with Crippen molar-refractivity contribution in [1.29, 1.82) is 0 Å². The maximum Gasteiger partial charge on any atom is 0.277 e. The van der Waals surface area contributed by atoms with E-state index in [2.05, 4.69) is 15.5 Å². The van der Waals surface area contributed by atoms with Gasteiger partial charge >= 0.3 is 0 Å². The lowest BCUT2D eigenvalue weighted by Crippen LogP contribution is -2.34. The van der Waals surface area contributed by atoms with Crippen LogP contribution < -0.4 is 14.8 Å². The van der Waals surface area contributed by atoms with Crippen molar-refractivity contribution in [2.24, 2.45) is 0 Å². The quantitative estimate of drug-likeness (QED) is 0.683. The van der Waals surface area contributed by atoms with E-state index in [0.717, 1.165) is 12.8 Å². The smallest absolute Gasteiger partial charge is 0.277 e. The summed E-state index contributed by atoms with van der Waals surface area (Å²) in [5.74, 6) is 1.80. The highest BCUT2D eigenvalue weighted by Crippen LogP contribution is 2.30. The van der Waals surface area contributed by atoms with Gasteiger partial charge < -0.3 is 19.2 Å². The van der Waals surface area contributed by atoms with Crippen molar-refractivity contribution in [3.8, 4) is 23.0 Å². The lowest BCUT2D eigenvalue weighted by Gasteiger charge is -2.13. The summed E-state index contributed by atoms with van der Waals surface area (Å²) in [5, 5.41) is 11.3. The Bertz CT molecular complexity index is 679. The normalized spacial score (nSPS) is 10.8. The first-order valence-corrected chi connectivity index (χ1v) is 9.07. The van der Waals surface area contributed by atoms with Gasteiger partial charge in [-0.2, -0.15) is 0 Å². The van der Waals surface area contributed by atoms with Gasteiger partial charge in [0.2, 0.25) is 11.8 Å². The Balaban J connectivity index is 2.01. The van der Waals surface area contributed by atoms with E-state index in [-0.39, 0.29) is 17.7 Å². The third-order valence-corrected chi connectivity index (χ3v) is 4.50. The zero-order chi connectivity index (χ0) is 18.2. The number of methoxy groups -OCH3 is 2. The number of hydrogen-bond donors (Lipinski definition) is 1. The molecule has 0 spiro atoms. The van der Waals surface area contributed by atoms with Crippen molar-refractivity contribution in [3.63, 3.8) is 0 Å². The number of hydrogen-bond acceptors (Lipinski definition) is 7. The molecule has 0 radical (unpaired) electrons. The molecule has 1 aromatic heterocycles. The maximum atomic E-state index is 11.9. The standard InChI is InChI=1S/C17H23N3O4S/c1-5-12(6-2)18-15(21)10-25-17-20-19-16(24-17)11-7-13(22-3)9-14(8-11)23-4/h7-9,12H,5-6,10H2,1-4H3,(H,18,21). The summed E-state index contributed by atoms with van der Waals surface area (Å²) in [7, 11) is 3.15. The molecule has 8 heteroatoms. The zero-order valence-electron chi connectivity index (χ0n) is 14.9. The van der Waals surface area contributed by atoms with Gasteiger partial charge in [-0.25, -0.2) is 0 Å². The number of benzene rings is 1. The number of amides is 1. The van der Waals surface area contributed by atoms with Crippen LogP contribution in [0.15, 0.2) is 27.8 Å². The first-order valence-electron chi connectivity index (χ1n) is 8.08. The Labute approximate surface area is 151 Å². The fourth-order valence-corrected chi connectivity index (χ4v) is 2.78. The van der Waals surface area contributed by atoms with E-state index < -0.39 is 0 Å². The van der Waals surface area contributed by atoms with Crippen molar-refractivity contribution >= 4 is 17.7 Å². The minimum Gasteiger partial charge on any atom is -0.497 e. The van der Waals surface area contributed by atoms with Crippen LogP contribution >= 0.6 is 11.8 Å². The van der Waals surface area contributed by atoms with E-state index in [9.17, 15) is 4.79 Å². The summed E-state index contributed by atoms with van der Waals surface area (Å²) < 4.78 is 16.1. The summed E-state index contributed by atoms with van der Waals surface area (Å²) in [6.45, 7) is 4.10. The summed E-state index contributed by atoms with van der Waals surface area (Å²) in [6.07, 6.45) is 1.82. The van der Waals surface area contributed by atoms with Crippen molar-refractivity contribution in [1.82, 2.24) is 15.5 Å². The monoisotopic (exact) mass is 365 g/mol. The molecule has 25 heavy (non-hydrogen) atoms. The molecule has 7 nitrogen and oxygen atoms in total. The Hall–Kier alpha value is -2.22. The molecule has 0 fully saturated rings. The second-order valence-electron chi connectivity index (χ2n) is 5.34. The van der Waals surface area contributed by atoms with E-state index in [4.69, 9.17) is 13.9 Å². The third kappa shape index (κ3) is 5.38. The number of carbonyl (C=O) groups excluding carboxylic acids is 1. The number of aromatic nitrogens is 2. The van der Waals surface area contributed by atoms with Crippen molar-refractivity contribution in [2.75, 3.05) is 20.0 Å². The lowest BCUT2D eigenvalue weighted by molar-refractivity contribution is -0.119. The van der Waals surface area contributed by atoms with E-state index in [0.29, 0.717) is 28.2 Å². The molecule has 1 heterocycles. The van der Waals surface area contributed by atoms with E-state index in [1.54, 1.807) is 32.4 Å². The molecule has 0 atom stereocenters. The van der Waals surface area contributed by atoms with Crippen molar-refractivity contribution < 1.29 is 18.7 Å². The number of thioether (sulfide) groups is 1. The number of nitrogens with one attached hydrogen (secondary N) is 1. The second kappa shape index (κ2) is 9.31. The minimum absolute atomic E-state index is 0.0403. The van der Waals surface area contributed by atoms with Gasteiger partial charge in [0.05, 0.1) is 20.0 Å². The molecule has 0 aliphatic rings. The first kappa shape index (κ1) is 19.1. The highest BCUT2D eigenvalue weighted by molar-refractivity contribution is 7.99. The highest BCUT2D eigenvalue weighted by atomic mass is 32.2.